The lowest BCUT2D eigenvalue weighted by Crippen LogP contribution is -2.35. The third-order valence-electron chi connectivity index (χ3n) is 3.80. The predicted molar refractivity (Wildman–Crippen MR) is 96.1 cm³/mol. The largest absolute Gasteiger partial charge is 0.444 e. The third-order valence-corrected chi connectivity index (χ3v) is 4.62. The quantitative estimate of drug-likeness (QED) is 0.705. The Hall–Kier alpha value is -1.58. The number of carbonyl (C=O) groups excluding carboxylic acids is 1. The third kappa shape index (κ3) is 3.22. The van der Waals surface area contributed by atoms with Gasteiger partial charge in [0, 0.05) is 22.9 Å². The number of hydrogen-bond acceptors (Lipinski definition) is 5. The maximum atomic E-state index is 12.2. The van der Waals surface area contributed by atoms with Crippen LogP contribution in [0.5, 0.6) is 0 Å². The van der Waals surface area contributed by atoms with Crippen LogP contribution in [0.4, 0.5) is 10.6 Å². The van der Waals surface area contributed by atoms with Crippen LogP contribution in [0, 0.1) is 3.57 Å². The highest BCUT2D eigenvalue weighted by atomic mass is 127. The van der Waals surface area contributed by atoms with Crippen LogP contribution in [0.15, 0.2) is 12.5 Å². The molecule has 0 aromatic carbocycles. The molecule has 1 atom stereocenters. The lowest BCUT2D eigenvalue weighted by molar-refractivity contribution is 0.0289. The number of nitrogens with two attached hydrogens (primary N) is 1. The first kappa shape index (κ1) is 16.3. The van der Waals surface area contributed by atoms with E-state index in [1.807, 2.05) is 27.0 Å². The Kier molecular flexibility index (Phi) is 4.11. The summed E-state index contributed by atoms with van der Waals surface area (Å²) in [5.74, 6) is 0.486. The molecule has 2 aromatic rings. The van der Waals surface area contributed by atoms with E-state index in [9.17, 15) is 4.79 Å². The van der Waals surface area contributed by atoms with Gasteiger partial charge >= 0.3 is 6.09 Å². The molecule has 8 heteroatoms. The summed E-state index contributed by atoms with van der Waals surface area (Å²) in [6.07, 6.45) is 4.10. The van der Waals surface area contributed by atoms with E-state index < -0.39 is 5.60 Å². The molecule has 3 heterocycles. The second-order valence-electron chi connectivity index (χ2n) is 6.71. The van der Waals surface area contributed by atoms with Crippen molar-refractivity contribution in [2.24, 2.45) is 0 Å². The summed E-state index contributed by atoms with van der Waals surface area (Å²) in [4.78, 5) is 22.4. The molecule has 0 spiro atoms. The Morgan fingerprint density at radius 3 is 2.87 bits per heavy atom. The zero-order chi connectivity index (χ0) is 16.8. The van der Waals surface area contributed by atoms with Crippen molar-refractivity contribution in [2.45, 2.75) is 38.8 Å². The van der Waals surface area contributed by atoms with Gasteiger partial charge in [0.25, 0.3) is 0 Å². The summed E-state index contributed by atoms with van der Waals surface area (Å²) < 4.78 is 8.56. The minimum absolute atomic E-state index is 0.169. The molecule has 0 radical (unpaired) electrons. The molecule has 1 saturated heterocycles. The molecule has 23 heavy (non-hydrogen) atoms. The normalized spacial score (nSPS) is 18.6. The Labute approximate surface area is 148 Å². The van der Waals surface area contributed by atoms with Crippen molar-refractivity contribution in [2.75, 3.05) is 18.8 Å². The van der Waals surface area contributed by atoms with E-state index in [2.05, 4.69) is 37.1 Å². The molecular weight excluding hydrogens is 409 g/mol. The van der Waals surface area contributed by atoms with Gasteiger partial charge in [-0.15, -0.1) is 0 Å². The van der Waals surface area contributed by atoms with Crippen LogP contribution in [0.1, 0.15) is 33.2 Å². The molecule has 1 aliphatic rings. The molecule has 1 fully saturated rings. The molecule has 0 bridgehead atoms. The molecule has 1 aliphatic heterocycles. The highest BCUT2D eigenvalue weighted by molar-refractivity contribution is 14.1. The topological polar surface area (TPSA) is 86.3 Å². The average Bonchev–Trinajstić information content (AvgIpc) is 3.02. The number of fused-ring (bicyclic) bond motifs is 1. The Morgan fingerprint density at radius 2 is 2.17 bits per heavy atom. The van der Waals surface area contributed by atoms with Crippen LogP contribution < -0.4 is 5.73 Å². The fourth-order valence-electron chi connectivity index (χ4n) is 2.80. The lowest BCUT2D eigenvalue weighted by Gasteiger charge is -2.24. The van der Waals surface area contributed by atoms with Crippen molar-refractivity contribution in [1.82, 2.24) is 19.4 Å². The number of nitrogen functional groups attached to an aromatic ring is 1. The molecule has 0 saturated carbocycles. The Balaban J connectivity index is 1.83. The van der Waals surface area contributed by atoms with Gasteiger partial charge in [0.05, 0.1) is 11.4 Å². The number of ether oxygens (including phenoxy) is 1. The van der Waals surface area contributed by atoms with Crippen molar-refractivity contribution < 1.29 is 9.53 Å². The van der Waals surface area contributed by atoms with E-state index in [1.165, 1.54) is 6.33 Å². The zero-order valence-electron chi connectivity index (χ0n) is 13.4. The summed E-state index contributed by atoms with van der Waals surface area (Å²) >= 11 is 2.24. The van der Waals surface area contributed by atoms with Crippen LogP contribution >= 0.6 is 22.6 Å². The van der Waals surface area contributed by atoms with Crippen LogP contribution in [-0.2, 0) is 4.74 Å². The molecule has 7 nitrogen and oxygen atoms in total. The number of amides is 1. The number of aromatic nitrogens is 3. The van der Waals surface area contributed by atoms with Crippen molar-refractivity contribution in [1.29, 1.82) is 0 Å². The van der Waals surface area contributed by atoms with Gasteiger partial charge in [-0.25, -0.2) is 14.8 Å². The van der Waals surface area contributed by atoms with Crippen molar-refractivity contribution in [3.8, 4) is 0 Å². The standard InChI is InChI=1S/C15H20IN5O2/c1-15(2,3)23-14(22)20-5-4-9(6-20)21-7-10(16)11-12(17)18-8-19-13(11)21/h7-9H,4-6H2,1-3H3,(H2,17,18,19). The van der Waals surface area contributed by atoms with Gasteiger partial charge in [-0.05, 0) is 49.8 Å². The van der Waals surface area contributed by atoms with Gasteiger partial charge in [0.1, 0.15) is 23.4 Å². The molecule has 1 amide bonds. The van der Waals surface area contributed by atoms with E-state index >= 15 is 0 Å². The summed E-state index contributed by atoms with van der Waals surface area (Å²) in [7, 11) is 0. The Morgan fingerprint density at radius 1 is 1.43 bits per heavy atom. The molecular formula is C15H20IN5O2. The predicted octanol–water partition coefficient (Wildman–Crippen LogP) is 2.80. The molecule has 3 rings (SSSR count). The number of nitrogens with zero attached hydrogens (tertiary/aromatic N) is 4. The van der Waals surface area contributed by atoms with Gasteiger partial charge < -0.3 is 19.9 Å². The van der Waals surface area contributed by atoms with Gasteiger partial charge in [-0.1, -0.05) is 0 Å². The van der Waals surface area contributed by atoms with Gasteiger partial charge in [0.15, 0.2) is 0 Å². The van der Waals surface area contributed by atoms with Crippen LogP contribution in [0.3, 0.4) is 0 Å². The fourth-order valence-corrected chi connectivity index (χ4v) is 3.62. The van der Waals surface area contributed by atoms with Crippen LogP contribution in [-0.4, -0.2) is 44.2 Å². The van der Waals surface area contributed by atoms with Crippen molar-refractivity contribution in [3.63, 3.8) is 0 Å². The van der Waals surface area contributed by atoms with E-state index in [4.69, 9.17) is 10.5 Å². The van der Waals surface area contributed by atoms with Gasteiger partial charge in [-0.2, -0.15) is 0 Å². The summed E-state index contributed by atoms with van der Waals surface area (Å²) in [5, 5.41) is 0.879. The summed E-state index contributed by atoms with van der Waals surface area (Å²) in [5.41, 5.74) is 6.30. The van der Waals surface area contributed by atoms with Crippen LogP contribution in [0.25, 0.3) is 11.0 Å². The van der Waals surface area contributed by atoms with E-state index in [-0.39, 0.29) is 12.1 Å². The van der Waals surface area contributed by atoms with Crippen molar-refractivity contribution in [3.05, 3.63) is 16.1 Å². The minimum atomic E-state index is -0.480. The number of rotatable bonds is 1. The zero-order valence-corrected chi connectivity index (χ0v) is 15.6. The maximum absolute atomic E-state index is 12.2. The first-order valence-electron chi connectivity index (χ1n) is 7.50. The summed E-state index contributed by atoms with van der Waals surface area (Å²) in [6, 6.07) is 0.169. The number of anilines is 1. The van der Waals surface area contributed by atoms with Crippen molar-refractivity contribution >= 4 is 45.5 Å². The molecule has 0 aliphatic carbocycles. The van der Waals surface area contributed by atoms with E-state index in [0.29, 0.717) is 18.9 Å². The first-order valence-corrected chi connectivity index (χ1v) is 8.58. The van der Waals surface area contributed by atoms with Gasteiger partial charge in [-0.3, -0.25) is 0 Å². The lowest BCUT2D eigenvalue weighted by atomic mass is 10.2. The minimum Gasteiger partial charge on any atom is -0.444 e. The highest BCUT2D eigenvalue weighted by Crippen LogP contribution is 2.31. The molecule has 2 N–H and O–H groups in total. The average molecular weight is 429 g/mol. The van der Waals surface area contributed by atoms with Crippen LogP contribution in [0.2, 0.25) is 0 Å². The number of carbonyl (C=O) groups is 1. The second-order valence-corrected chi connectivity index (χ2v) is 7.87. The second kappa shape index (κ2) is 5.81. The van der Waals surface area contributed by atoms with E-state index in [1.54, 1.807) is 4.90 Å². The molecule has 1 unspecified atom stereocenters. The molecule has 2 aromatic heterocycles. The smallest absolute Gasteiger partial charge is 0.410 e. The fraction of sp³-hybridized carbons (Fsp3) is 0.533. The Bertz CT molecular complexity index is 752. The first-order chi connectivity index (χ1) is 10.8. The maximum Gasteiger partial charge on any atom is 0.410 e. The number of likely N-dealkylation sites (tertiary alicyclic amines) is 1. The SMILES string of the molecule is CC(C)(C)OC(=O)N1CCC(n2cc(I)c3c(N)ncnc32)C1. The number of hydrogen-bond donors (Lipinski definition) is 1. The van der Waals surface area contributed by atoms with E-state index in [0.717, 1.165) is 21.0 Å². The monoisotopic (exact) mass is 429 g/mol. The number of halogens is 1. The van der Waals surface area contributed by atoms with Gasteiger partial charge in [0.2, 0.25) is 0 Å². The summed E-state index contributed by atoms with van der Waals surface area (Å²) in [6.45, 7) is 6.91. The highest BCUT2D eigenvalue weighted by Gasteiger charge is 2.31. The molecule has 124 valence electrons.